The van der Waals surface area contributed by atoms with Gasteiger partial charge in [0.15, 0.2) is 0 Å². The summed E-state index contributed by atoms with van der Waals surface area (Å²) in [6.07, 6.45) is 8.04. The largest absolute Gasteiger partial charge is 0.465 e. The van der Waals surface area contributed by atoms with E-state index in [1.807, 2.05) is 4.90 Å². The Labute approximate surface area is 155 Å². The Hall–Kier alpha value is -1.90. The molecule has 0 aliphatic carbocycles. The van der Waals surface area contributed by atoms with Crippen LogP contribution in [0.3, 0.4) is 0 Å². The maximum Gasteiger partial charge on any atom is 0.325 e. The molecule has 0 atom stereocenters. The van der Waals surface area contributed by atoms with Gasteiger partial charge in [0.2, 0.25) is 6.54 Å². The number of nitrogens with zero attached hydrogens (tertiary/aromatic N) is 4. The second-order valence-electron chi connectivity index (χ2n) is 7.10. The topological polar surface area (TPSA) is 98.5 Å². The molecular weight excluding hydrogens is 356 g/mol. The van der Waals surface area contributed by atoms with E-state index in [4.69, 9.17) is 4.74 Å². The number of aryl methyl sites for hydroxylation is 1. The van der Waals surface area contributed by atoms with E-state index in [0.717, 1.165) is 24.3 Å². The minimum atomic E-state index is -0.591. The van der Waals surface area contributed by atoms with Gasteiger partial charge in [0.25, 0.3) is 0 Å². The zero-order valence-electron chi connectivity index (χ0n) is 15.9. The van der Waals surface area contributed by atoms with E-state index in [1.54, 1.807) is 13.8 Å². The Morgan fingerprint density at radius 2 is 2.08 bits per heavy atom. The predicted octanol–water partition coefficient (Wildman–Crippen LogP) is 2.16. The molecule has 0 bridgehead atoms. The Kier molecular flexibility index (Phi) is 6.80. The van der Waals surface area contributed by atoms with Crippen LogP contribution in [0.5, 0.6) is 0 Å². The zero-order valence-corrected chi connectivity index (χ0v) is 16.8. The van der Waals surface area contributed by atoms with Crippen molar-refractivity contribution in [3.63, 3.8) is 0 Å². The molecule has 0 unspecified atom stereocenters. The molecule has 8 nitrogen and oxygen atoms in total. The smallest absolute Gasteiger partial charge is 0.325 e. The highest BCUT2D eigenvalue weighted by atomic mass is 32.3. The van der Waals surface area contributed by atoms with Crippen molar-refractivity contribution in [3.05, 3.63) is 27.7 Å². The van der Waals surface area contributed by atoms with Crippen LogP contribution in [0, 0.1) is 17.0 Å². The number of hydrogen-bond donors (Lipinski definition) is 0. The highest BCUT2D eigenvalue weighted by molar-refractivity contribution is 8.32. The van der Waals surface area contributed by atoms with Gasteiger partial charge in [0, 0.05) is 17.2 Å². The van der Waals surface area contributed by atoms with Crippen LogP contribution in [0.25, 0.3) is 0 Å². The summed E-state index contributed by atoms with van der Waals surface area (Å²) in [5.41, 5.74) is 0.432. The number of anilines is 1. The molecular formula is C17H28N4O4S. The number of carbonyl (C=O) groups is 1. The minimum absolute atomic E-state index is 0.0510. The lowest BCUT2D eigenvalue weighted by Crippen LogP contribution is -2.44. The van der Waals surface area contributed by atoms with Gasteiger partial charge in [0.05, 0.1) is 12.2 Å². The summed E-state index contributed by atoms with van der Waals surface area (Å²) in [5, 5.41) is 11.1. The fourth-order valence-corrected chi connectivity index (χ4v) is 5.20. The molecule has 0 N–H and O–H groups in total. The fourth-order valence-electron chi connectivity index (χ4n) is 3.17. The van der Waals surface area contributed by atoms with E-state index in [1.165, 1.54) is 6.20 Å². The summed E-state index contributed by atoms with van der Waals surface area (Å²) in [6, 6.07) is 0.125. The number of nitro groups is 1. The van der Waals surface area contributed by atoms with Crippen LogP contribution in [0.1, 0.15) is 31.2 Å². The highest BCUT2D eigenvalue weighted by Gasteiger charge is 2.31. The van der Waals surface area contributed by atoms with Crippen LogP contribution in [0.2, 0.25) is 0 Å². The Balaban J connectivity index is 2.35. The highest BCUT2D eigenvalue weighted by Crippen LogP contribution is 2.46. The van der Waals surface area contributed by atoms with Gasteiger partial charge in [-0.25, -0.2) is 20.0 Å². The molecule has 1 saturated heterocycles. The summed E-state index contributed by atoms with van der Waals surface area (Å²) in [7, 11) is -0.591. The first kappa shape index (κ1) is 20.4. The van der Waals surface area contributed by atoms with Crippen LogP contribution < -0.4 is 4.90 Å². The van der Waals surface area contributed by atoms with Crippen LogP contribution >= 0.6 is 10.0 Å². The lowest BCUT2D eigenvalue weighted by atomic mass is 10.1. The Morgan fingerprint density at radius 3 is 2.65 bits per heavy atom. The van der Waals surface area contributed by atoms with Crippen LogP contribution in [-0.2, 0) is 16.1 Å². The summed E-state index contributed by atoms with van der Waals surface area (Å²) < 4.78 is 5.12. The van der Waals surface area contributed by atoms with Gasteiger partial charge >= 0.3 is 5.97 Å². The third kappa shape index (κ3) is 5.55. The maximum atomic E-state index is 12.2. The summed E-state index contributed by atoms with van der Waals surface area (Å²) >= 11 is 0. The van der Waals surface area contributed by atoms with Crippen molar-refractivity contribution in [3.8, 4) is 0 Å². The van der Waals surface area contributed by atoms with Crippen molar-refractivity contribution in [1.29, 1.82) is 0 Å². The number of aromatic nitrogens is 2. The van der Waals surface area contributed by atoms with E-state index in [-0.39, 0.29) is 25.1 Å². The molecule has 9 heteroatoms. The molecule has 1 aromatic rings. The SMILES string of the molecule is CCOC(=O)CN(c1nc(C)ncc1C[N+](=O)[O-])C1CCS(C)(C)CC1. The molecule has 2 rings (SSSR count). The van der Waals surface area contributed by atoms with Gasteiger partial charge in [-0.05, 0) is 50.7 Å². The molecule has 146 valence electrons. The molecule has 0 aromatic carbocycles. The maximum absolute atomic E-state index is 12.2. The normalized spacial score (nSPS) is 18.2. The molecule has 0 saturated carbocycles. The predicted molar refractivity (Wildman–Crippen MR) is 104 cm³/mol. The average molecular weight is 385 g/mol. The first-order valence-electron chi connectivity index (χ1n) is 8.77. The minimum Gasteiger partial charge on any atom is -0.465 e. The molecule has 0 amide bonds. The van der Waals surface area contributed by atoms with E-state index in [9.17, 15) is 14.9 Å². The fraction of sp³-hybridized carbons (Fsp3) is 0.706. The second kappa shape index (κ2) is 8.66. The number of rotatable bonds is 7. The van der Waals surface area contributed by atoms with Gasteiger partial charge in [0.1, 0.15) is 18.2 Å². The zero-order chi connectivity index (χ0) is 19.3. The van der Waals surface area contributed by atoms with Gasteiger partial charge in [-0.2, -0.15) is 0 Å². The van der Waals surface area contributed by atoms with Gasteiger partial charge in [-0.15, -0.1) is 0 Å². The lowest BCUT2D eigenvalue weighted by Gasteiger charge is -2.43. The number of carbonyl (C=O) groups excluding carboxylic acids is 1. The first-order valence-corrected chi connectivity index (χ1v) is 11.6. The van der Waals surface area contributed by atoms with Crippen LogP contribution in [0.15, 0.2) is 6.20 Å². The molecule has 2 heterocycles. The molecule has 1 aromatic heterocycles. The number of hydrogen-bond acceptors (Lipinski definition) is 7. The standard InChI is InChI=1S/C17H28N4O4S/c1-5-25-16(22)12-20(15-6-8-26(3,4)9-7-15)17-14(11-21(23)24)10-18-13(2)19-17/h10,15H,5-9,11-12H2,1-4H3. The molecule has 1 aliphatic rings. The van der Waals surface area contributed by atoms with Crippen molar-refractivity contribution < 1.29 is 14.5 Å². The summed E-state index contributed by atoms with van der Waals surface area (Å²) in [4.78, 5) is 33.3. The quantitative estimate of drug-likeness (QED) is 0.403. The van der Waals surface area contributed by atoms with Crippen molar-refractivity contribution in [2.75, 3.05) is 42.1 Å². The summed E-state index contributed by atoms with van der Waals surface area (Å²) in [5.74, 6) is 2.91. The molecule has 1 aliphatic heterocycles. The molecule has 1 fully saturated rings. The van der Waals surface area contributed by atoms with Gasteiger partial charge < -0.3 is 9.64 Å². The third-order valence-corrected chi connectivity index (χ3v) is 7.27. The Morgan fingerprint density at radius 1 is 1.42 bits per heavy atom. The Bertz CT molecular complexity index is 658. The van der Waals surface area contributed by atoms with Crippen molar-refractivity contribution in [2.24, 2.45) is 0 Å². The van der Waals surface area contributed by atoms with E-state index in [0.29, 0.717) is 23.8 Å². The number of esters is 1. The third-order valence-electron chi connectivity index (χ3n) is 4.59. The van der Waals surface area contributed by atoms with Crippen molar-refractivity contribution in [2.45, 2.75) is 39.3 Å². The number of ether oxygens (including phenoxy) is 1. The average Bonchev–Trinajstić information content (AvgIpc) is 2.55. The van der Waals surface area contributed by atoms with Crippen molar-refractivity contribution >= 4 is 21.8 Å². The molecule has 0 spiro atoms. The monoisotopic (exact) mass is 384 g/mol. The van der Waals surface area contributed by atoms with Gasteiger partial charge in [-0.3, -0.25) is 14.9 Å². The van der Waals surface area contributed by atoms with E-state index >= 15 is 0 Å². The van der Waals surface area contributed by atoms with Crippen LogP contribution in [0.4, 0.5) is 5.82 Å². The van der Waals surface area contributed by atoms with E-state index in [2.05, 4.69) is 22.5 Å². The van der Waals surface area contributed by atoms with Crippen LogP contribution in [-0.4, -0.2) is 64.1 Å². The second-order valence-corrected chi connectivity index (χ2v) is 11.4. The van der Waals surface area contributed by atoms with E-state index < -0.39 is 15.0 Å². The lowest BCUT2D eigenvalue weighted by molar-refractivity contribution is -0.496. The summed E-state index contributed by atoms with van der Waals surface area (Å²) in [6.45, 7) is 3.50. The molecule has 0 radical (unpaired) electrons. The first-order chi connectivity index (χ1) is 12.2. The van der Waals surface area contributed by atoms with Crippen molar-refractivity contribution in [1.82, 2.24) is 9.97 Å². The van der Waals surface area contributed by atoms with Gasteiger partial charge in [-0.1, -0.05) is 0 Å². The molecule has 26 heavy (non-hydrogen) atoms.